The highest BCUT2D eigenvalue weighted by Gasteiger charge is 2.05. The Kier molecular flexibility index (Phi) is 5.37. The van der Waals surface area contributed by atoms with Crippen LogP contribution in [0.4, 0.5) is 5.69 Å². The molecule has 2 N–H and O–H groups in total. The minimum absolute atomic E-state index is 0. The lowest BCUT2D eigenvalue weighted by atomic mass is 10.1. The number of anilines is 1. The number of hydrogen-bond acceptors (Lipinski definition) is 4. The Hall–Kier alpha value is -1.33. The first-order valence-electron chi connectivity index (χ1n) is 5.10. The van der Waals surface area contributed by atoms with E-state index in [1.165, 1.54) is 0 Å². The molecule has 6 heteroatoms. The van der Waals surface area contributed by atoms with E-state index >= 15 is 0 Å². The van der Waals surface area contributed by atoms with Crippen LogP contribution < -0.4 is 5.73 Å². The molecule has 2 rings (SSSR count). The zero-order valence-corrected chi connectivity index (χ0v) is 11.8. The number of fused-ring (bicyclic) bond motifs is 1. The lowest BCUT2D eigenvalue weighted by molar-refractivity contribution is -0.128. The summed E-state index contributed by atoms with van der Waals surface area (Å²) in [5.41, 5.74) is 8.13. The van der Waals surface area contributed by atoms with Gasteiger partial charge >= 0.3 is 0 Å². The summed E-state index contributed by atoms with van der Waals surface area (Å²) in [5.74, 6) is 0. The Labute approximate surface area is 119 Å². The van der Waals surface area contributed by atoms with E-state index in [-0.39, 0.29) is 12.4 Å². The van der Waals surface area contributed by atoms with Gasteiger partial charge in [0.1, 0.15) is 0 Å². The molecule has 0 spiro atoms. The number of nitrogens with zero attached hydrogens (tertiary/aromatic N) is 1. The third-order valence-electron chi connectivity index (χ3n) is 2.42. The molecular formula is C12H12BrClN2O2. The van der Waals surface area contributed by atoms with Crippen molar-refractivity contribution in [1.82, 2.24) is 4.98 Å². The van der Waals surface area contributed by atoms with Gasteiger partial charge in [-0.2, -0.15) is 0 Å². The monoisotopic (exact) mass is 330 g/mol. The third kappa shape index (κ3) is 3.34. The van der Waals surface area contributed by atoms with Gasteiger partial charge in [-0.05, 0) is 18.2 Å². The van der Waals surface area contributed by atoms with Crippen LogP contribution in [0.1, 0.15) is 5.69 Å². The first-order chi connectivity index (χ1) is 8.20. The number of halogens is 2. The number of nitrogen functional groups attached to an aromatic ring is 1. The molecule has 1 aromatic carbocycles. The molecule has 2 aromatic rings. The molecule has 1 heterocycles. The molecule has 0 unspecified atom stereocenters. The van der Waals surface area contributed by atoms with Gasteiger partial charge in [0.2, 0.25) is 0 Å². The van der Waals surface area contributed by atoms with Crippen molar-refractivity contribution in [2.24, 2.45) is 0 Å². The molecule has 0 fully saturated rings. The summed E-state index contributed by atoms with van der Waals surface area (Å²) < 4.78 is 5.61. The molecule has 0 aliphatic heterocycles. The summed E-state index contributed by atoms with van der Waals surface area (Å²) in [7, 11) is 0. The molecule has 0 aliphatic carbocycles. The van der Waals surface area contributed by atoms with Crippen molar-refractivity contribution >= 4 is 51.4 Å². The molecule has 0 radical (unpaired) electrons. The molecule has 1 aromatic heterocycles. The normalized spacial score (nSPS) is 9.83. The topological polar surface area (TPSA) is 65.2 Å². The van der Waals surface area contributed by atoms with Gasteiger partial charge in [0.15, 0.2) is 0 Å². The number of carbonyl (C=O) groups excluding carboxylic acids is 1. The fourth-order valence-electron chi connectivity index (χ4n) is 1.60. The van der Waals surface area contributed by atoms with Gasteiger partial charge in [-0.1, -0.05) is 22.0 Å². The van der Waals surface area contributed by atoms with Gasteiger partial charge < -0.3 is 10.5 Å². The molecule has 0 aliphatic rings. The summed E-state index contributed by atoms with van der Waals surface area (Å²) in [6.07, 6.45) is 0.521. The second-order valence-corrected chi connectivity index (χ2v) is 4.49. The Morgan fingerprint density at radius 3 is 2.89 bits per heavy atom. The van der Waals surface area contributed by atoms with E-state index < -0.39 is 0 Å². The minimum Gasteiger partial charge on any atom is -0.467 e. The van der Waals surface area contributed by atoms with Gasteiger partial charge in [0.25, 0.3) is 6.47 Å². The molecule has 0 saturated carbocycles. The maximum absolute atomic E-state index is 10.1. The Balaban J connectivity index is 0.00000162. The quantitative estimate of drug-likeness (QED) is 0.691. The van der Waals surface area contributed by atoms with Crippen LogP contribution in [0.5, 0.6) is 0 Å². The zero-order valence-electron chi connectivity index (χ0n) is 9.43. The maximum atomic E-state index is 10.1. The minimum atomic E-state index is 0. The van der Waals surface area contributed by atoms with Crippen molar-refractivity contribution < 1.29 is 9.53 Å². The Bertz CT molecular complexity index is 563. The van der Waals surface area contributed by atoms with E-state index in [9.17, 15) is 4.79 Å². The van der Waals surface area contributed by atoms with Gasteiger partial charge in [0, 0.05) is 16.3 Å². The second-order valence-electron chi connectivity index (χ2n) is 3.58. The van der Waals surface area contributed by atoms with Gasteiger partial charge in [0.05, 0.1) is 23.5 Å². The van der Waals surface area contributed by atoms with Crippen LogP contribution in [0.3, 0.4) is 0 Å². The van der Waals surface area contributed by atoms with Crippen LogP contribution in [-0.4, -0.2) is 18.1 Å². The predicted octanol–water partition coefficient (Wildman–Crippen LogP) is 2.72. The molecule has 0 bridgehead atoms. The highest BCUT2D eigenvalue weighted by atomic mass is 79.9. The molecule has 0 atom stereocenters. The first kappa shape index (κ1) is 14.7. The SMILES string of the molecule is Cl.Nc1cc2ccc(Br)cc2nc1CCOC=O. The van der Waals surface area contributed by atoms with Crippen molar-refractivity contribution in [2.75, 3.05) is 12.3 Å². The molecule has 4 nitrogen and oxygen atoms in total. The molecule has 0 amide bonds. The molecule has 0 saturated heterocycles. The van der Waals surface area contributed by atoms with Crippen LogP contribution in [0.2, 0.25) is 0 Å². The number of ether oxygens (including phenoxy) is 1. The van der Waals surface area contributed by atoms with Crippen LogP contribution >= 0.6 is 28.3 Å². The number of rotatable bonds is 4. The summed E-state index contributed by atoms with van der Waals surface area (Å²) >= 11 is 3.40. The average Bonchev–Trinajstić information content (AvgIpc) is 2.31. The number of pyridine rings is 1. The highest BCUT2D eigenvalue weighted by Crippen LogP contribution is 2.22. The van der Waals surface area contributed by atoms with Gasteiger partial charge in [-0.25, -0.2) is 0 Å². The smallest absolute Gasteiger partial charge is 0.293 e. The molecule has 18 heavy (non-hydrogen) atoms. The average molecular weight is 332 g/mol. The Morgan fingerprint density at radius 1 is 1.39 bits per heavy atom. The van der Waals surface area contributed by atoms with Crippen molar-refractivity contribution in [1.29, 1.82) is 0 Å². The Morgan fingerprint density at radius 2 is 2.17 bits per heavy atom. The van der Waals surface area contributed by atoms with E-state index in [2.05, 4.69) is 25.7 Å². The van der Waals surface area contributed by atoms with E-state index in [1.807, 2.05) is 24.3 Å². The standard InChI is InChI=1S/C12H11BrN2O2.ClH/c13-9-2-1-8-5-10(14)11(3-4-17-7-16)15-12(8)6-9;/h1-2,5-7H,3-4,14H2;1H. The number of aromatic nitrogens is 1. The zero-order chi connectivity index (χ0) is 12.3. The number of benzene rings is 1. The van der Waals surface area contributed by atoms with E-state index in [4.69, 9.17) is 5.73 Å². The van der Waals surface area contributed by atoms with Crippen LogP contribution in [0.25, 0.3) is 10.9 Å². The summed E-state index contributed by atoms with van der Waals surface area (Å²) in [6, 6.07) is 7.71. The predicted molar refractivity (Wildman–Crippen MR) is 76.8 cm³/mol. The van der Waals surface area contributed by atoms with Gasteiger partial charge in [-0.3, -0.25) is 9.78 Å². The van der Waals surface area contributed by atoms with Crippen LogP contribution in [-0.2, 0) is 16.0 Å². The maximum Gasteiger partial charge on any atom is 0.293 e. The second kappa shape index (κ2) is 6.56. The van der Waals surface area contributed by atoms with E-state index in [0.717, 1.165) is 21.1 Å². The van der Waals surface area contributed by atoms with E-state index in [0.29, 0.717) is 25.2 Å². The lowest BCUT2D eigenvalue weighted by Crippen LogP contribution is -2.03. The van der Waals surface area contributed by atoms with Crippen LogP contribution in [0.15, 0.2) is 28.7 Å². The molecular weight excluding hydrogens is 320 g/mol. The van der Waals surface area contributed by atoms with Gasteiger partial charge in [-0.15, -0.1) is 12.4 Å². The number of hydrogen-bond donors (Lipinski definition) is 1. The van der Waals surface area contributed by atoms with Crippen molar-refractivity contribution in [3.05, 3.63) is 34.4 Å². The van der Waals surface area contributed by atoms with Crippen molar-refractivity contribution in [2.45, 2.75) is 6.42 Å². The van der Waals surface area contributed by atoms with Crippen molar-refractivity contribution in [3.8, 4) is 0 Å². The first-order valence-corrected chi connectivity index (χ1v) is 5.90. The lowest BCUT2D eigenvalue weighted by Gasteiger charge is -2.06. The summed E-state index contributed by atoms with van der Waals surface area (Å²) in [4.78, 5) is 14.5. The van der Waals surface area contributed by atoms with E-state index in [1.54, 1.807) is 0 Å². The fourth-order valence-corrected chi connectivity index (χ4v) is 1.95. The number of nitrogens with two attached hydrogens (primary N) is 1. The summed E-state index contributed by atoms with van der Waals surface area (Å²) in [6.45, 7) is 0.716. The fraction of sp³-hybridized carbons (Fsp3) is 0.167. The highest BCUT2D eigenvalue weighted by molar-refractivity contribution is 9.10. The van der Waals surface area contributed by atoms with Crippen molar-refractivity contribution in [3.63, 3.8) is 0 Å². The largest absolute Gasteiger partial charge is 0.467 e. The molecule has 96 valence electrons. The van der Waals surface area contributed by atoms with Crippen LogP contribution in [0, 0.1) is 0 Å². The number of carbonyl (C=O) groups is 1. The summed E-state index contributed by atoms with van der Waals surface area (Å²) in [5, 5.41) is 0.991. The third-order valence-corrected chi connectivity index (χ3v) is 2.91.